The predicted molar refractivity (Wildman–Crippen MR) is 79.4 cm³/mol. The van der Waals surface area contributed by atoms with Crippen molar-refractivity contribution in [3.63, 3.8) is 0 Å². The zero-order valence-corrected chi connectivity index (χ0v) is 11.6. The van der Waals surface area contributed by atoms with Crippen LogP contribution in [0.25, 0.3) is 11.4 Å². The number of hydrogen-bond acceptors (Lipinski definition) is 3. The quantitative estimate of drug-likeness (QED) is 0.777. The fraction of sp³-hybridized carbons (Fsp3) is 0.0625. The predicted octanol–water partition coefficient (Wildman–Crippen LogP) is 2.54. The third-order valence-corrected chi connectivity index (χ3v) is 3.09. The molecule has 110 valence electrons. The molecule has 0 unspecified atom stereocenters. The number of H-pyrrole nitrogens is 1. The Morgan fingerprint density at radius 1 is 1.09 bits per heavy atom. The van der Waals surface area contributed by atoms with E-state index in [1.54, 1.807) is 36.4 Å². The molecular weight excluding hydrogens is 283 g/mol. The van der Waals surface area contributed by atoms with Crippen LogP contribution in [-0.4, -0.2) is 21.1 Å². The summed E-state index contributed by atoms with van der Waals surface area (Å²) in [5, 5.41) is 9.57. The first-order valence-corrected chi connectivity index (χ1v) is 6.73. The molecule has 22 heavy (non-hydrogen) atoms. The second-order valence-electron chi connectivity index (χ2n) is 4.66. The van der Waals surface area contributed by atoms with Gasteiger partial charge in [-0.25, -0.2) is 9.37 Å². The third-order valence-electron chi connectivity index (χ3n) is 3.09. The van der Waals surface area contributed by atoms with Gasteiger partial charge in [0.2, 0.25) is 0 Å². The summed E-state index contributed by atoms with van der Waals surface area (Å²) < 4.78 is 12.9. The Balaban J connectivity index is 1.65. The second-order valence-corrected chi connectivity index (χ2v) is 4.66. The first-order valence-electron chi connectivity index (χ1n) is 6.73. The molecule has 1 heterocycles. The van der Waals surface area contributed by atoms with E-state index in [4.69, 9.17) is 0 Å². The van der Waals surface area contributed by atoms with Crippen molar-refractivity contribution in [1.82, 2.24) is 20.5 Å². The average molecular weight is 296 g/mol. The molecule has 0 spiro atoms. The first-order chi connectivity index (χ1) is 10.7. The van der Waals surface area contributed by atoms with Gasteiger partial charge in [0, 0.05) is 11.1 Å². The molecule has 6 heteroatoms. The minimum Gasteiger partial charge on any atom is -0.345 e. The number of carbonyl (C=O) groups is 1. The van der Waals surface area contributed by atoms with Crippen LogP contribution in [-0.2, 0) is 6.54 Å². The smallest absolute Gasteiger partial charge is 0.251 e. The molecular formula is C16H13FN4O. The minimum absolute atomic E-state index is 0.180. The molecule has 0 bridgehead atoms. The van der Waals surface area contributed by atoms with E-state index in [1.165, 1.54) is 12.1 Å². The Hall–Kier alpha value is -3.02. The van der Waals surface area contributed by atoms with Gasteiger partial charge < -0.3 is 5.32 Å². The summed E-state index contributed by atoms with van der Waals surface area (Å²) in [6, 6.07) is 14.8. The van der Waals surface area contributed by atoms with Crippen LogP contribution in [0.1, 0.15) is 16.2 Å². The highest BCUT2D eigenvalue weighted by Crippen LogP contribution is 2.14. The van der Waals surface area contributed by atoms with Crippen LogP contribution in [0.5, 0.6) is 0 Å². The lowest BCUT2D eigenvalue weighted by Crippen LogP contribution is -2.23. The van der Waals surface area contributed by atoms with Gasteiger partial charge in [-0.2, -0.15) is 5.10 Å². The SMILES string of the molecule is O=C(NCc1nc(-c2ccc(F)cc2)n[nH]1)c1ccccc1. The highest BCUT2D eigenvalue weighted by atomic mass is 19.1. The third kappa shape index (κ3) is 3.17. The van der Waals surface area contributed by atoms with Gasteiger partial charge in [0.05, 0.1) is 6.54 Å². The molecule has 1 amide bonds. The largest absolute Gasteiger partial charge is 0.345 e. The van der Waals surface area contributed by atoms with Gasteiger partial charge in [-0.1, -0.05) is 18.2 Å². The van der Waals surface area contributed by atoms with Crippen LogP contribution < -0.4 is 5.32 Å². The number of aromatic amines is 1. The van der Waals surface area contributed by atoms with E-state index in [1.807, 2.05) is 6.07 Å². The van der Waals surface area contributed by atoms with Gasteiger partial charge in [0.1, 0.15) is 11.6 Å². The van der Waals surface area contributed by atoms with Crippen LogP contribution >= 0.6 is 0 Å². The number of carbonyl (C=O) groups excluding carboxylic acids is 1. The van der Waals surface area contributed by atoms with Crippen molar-refractivity contribution in [3.8, 4) is 11.4 Å². The summed E-state index contributed by atoms with van der Waals surface area (Å²) in [6.45, 7) is 0.238. The van der Waals surface area contributed by atoms with Gasteiger partial charge in [0.25, 0.3) is 5.91 Å². The number of rotatable bonds is 4. The number of nitrogens with zero attached hydrogens (tertiary/aromatic N) is 2. The number of benzene rings is 2. The summed E-state index contributed by atoms with van der Waals surface area (Å²) in [4.78, 5) is 16.2. The van der Waals surface area contributed by atoms with Crippen molar-refractivity contribution in [2.24, 2.45) is 0 Å². The fourth-order valence-electron chi connectivity index (χ4n) is 1.96. The normalized spacial score (nSPS) is 10.4. The van der Waals surface area contributed by atoms with Crippen molar-refractivity contribution < 1.29 is 9.18 Å². The zero-order valence-electron chi connectivity index (χ0n) is 11.6. The second kappa shape index (κ2) is 6.17. The molecule has 0 saturated heterocycles. The minimum atomic E-state index is -0.311. The number of hydrogen-bond donors (Lipinski definition) is 2. The monoisotopic (exact) mass is 296 g/mol. The molecule has 0 radical (unpaired) electrons. The van der Waals surface area contributed by atoms with Crippen LogP contribution in [0.4, 0.5) is 4.39 Å². The van der Waals surface area contributed by atoms with Crippen molar-refractivity contribution >= 4 is 5.91 Å². The topological polar surface area (TPSA) is 70.7 Å². The highest BCUT2D eigenvalue weighted by molar-refractivity contribution is 5.93. The molecule has 0 aliphatic heterocycles. The molecule has 3 rings (SSSR count). The van der Waals surface area contributed by atoms with Gasteiger partial charge >= 0.3 is 0 Å². The van der Waals surface area contributed by atoms with E-state index in [9.17, 15) is 9.18 Å². The van der Waals surface area contributed by atoms with E-state index in [0.29, 0.717) is 22.8 Å². The van der Waals surface area contributed by atoms with Gasteiger partial charge in [-0.15, -0.1) is 0 Å². The number of halogens is 1. The molecule has 5 nitrogen and oxygen atoms in total. The van der Waals surface area contributed by atoms with Gasteiger partial charge in [0.15, 0.2) is 5.82 Å². The Bertz CT molecular complexity index is 768. The first kappa shape index (κ1) is 13.9. The standard InChI is InChI=1S/C16H13FN4O/c17-13-8-6-11(7-9-13)15-19-14(20-21-15)10-18-16(22)12-4-2-1-3-5-12/h1-9H,10H2,(H,18,22)(H,19,20,21). The summed E-state index contributed by atoms with van der Waals surface area (Å²) in [6.07, 6.45) is 0. The van der Waals surface area contributed by atoms with Crippen LogP contribution in [0.2, 0.25) is 0 Å². The van der Waals surface area contributed by atoms with E-state index in [2.05, 4.69) is 20.5 Å². The van der Waals surface area contributed by atoms with Crippen LogP contribution in [0.3, 0.4) is 0 Å². The molecule has 0 saturated carbocycles. The maximum absolute atomic E-state index is 12.9. The maximum atomic E-state index is 12.9. The molecule has 0 atom stereocenters. The Morgan fingerprint density at radius 3 is 2.55 bits per heavy atom. The fourth-order valence-corrected chi connectivity index (χ4v) is 1.96. The lowest BCUT2D eigenvalue weighted by atomic mass is 10.2. The molecule has 0 aliphatic rings. The summed E-state index contributed by atoms with van der Waals surface area (Å²) in [5.74, 6) is 0.502. The molecule has 2 aromatic carbocycles. The van der Waals surface area contributed by atoms with E-state index < -0.39 is 0 Å². The summed E-state index contributed by atoms with van der Waals surface area (Å²) in [7, 11) is 0. The number of nitrogens with one attached hydrogen (secondary N) is 2. The zero-order chi connectivity index (χ0) is 15.4. The maximum Gasteiger partial charge on any atom is 0.251 e. The Kier molecular flexibility index (Phi) is 3.91. The van der Waals surface area contributed by atoms with Crippen molar-refractivity contribution in [1.29, 1.82) is 0 Å². The lowest BCUT2D eigenvalue weighted by molar-refractivity contribution is 0.0950. The number of amides is 1. The lowest BCUT2D eigenvalue weighted by Gasteiger charge is -2.02. The van der Waals surface area contributed by atoms with Crippen LogP contribution in [0.15, 0.2) is 54.6 Å². The van der Waals surface area contributed by atoms with E-state index >= 15 is 0 Å². The van der Waals surface area contributed by atoms with E-state index in [-0.39, 0.29) is 18.3 Å². The molecule has 2 N–H and O–H groups in total. The highest BCUT2D eigenvalue weighted by Gasteiger charge is 2.08. The Morgan fingerprint density at radius 2 is 1.82 bits per heavy atom. The van der Waals surface area contributed by atoms with Crippen LogP contribution in [0, 0.1) is 5.82 Å². The van der Waals surface area contributed by atoms with Gasteiger partial charge in [-0.3, -0.25) is 9.89 Å². The molecule has 3 aromatic rings. The van der Waals surface area contributed by atoms with E-state index in [0.717, 1.165) is 0 Å². The Labute approximate surface area is 126 Å². The van der Waals surface area contributed by atoms with Gasteiger partial charge in [-0.05, 0) is 36.4 Å². The van der Waals surface area contributed by atoms with Crippen molar-refractivity contribution in [3.05, 3.63) is 71.8 Å². The molecule has 0 aliphatic carbocycles. The summed E-state index contributed by atoms with van der Waals surface area (Å²) >= 11 is 0. The van der Waals surface area contributed by atoms with Crippen molar-refractivity contribution in [2.75, 3.05) is 0 Å². The average Bonchev–Trinajstić information content (AvgIpc) is 3.03. The molecule has 0 fully saturated rings. The summed E-state index contributed by atoms with van der Waals surface area (Å²) in [5.41, 5.74) is 1.29. The van der Waals surface area contributed by atoms with Crippen molar-refractivity contribution in [2.45, 2.75) is 6.54 Å². The molecule has 1 aromatic heterocycles. The number of aromatic nitrogens is 3.